The minimum atomic E-state index is -0.798. The molecular formula is C12H11F2NO2S. The van der Waals surface area contributed by atoms with Gasteiger partial charge in [0.25, 0.3) is 0 Å². The van der Waals surface area contributed by atoms with Gasteiger partial charge in [-0.05, 0) is 12.1 Å². The number of esters is 1. The van der Waals surface area contributed by atoms with Gasteiger partial charge in [-0.2, -0.15) is 5.26 Å². The van der Waals surface area contributed by atoms with Gasteiger partial charge in [-0.25, -0.2) is 8.78 Å². The van der Waals surface area contributed by atoms with Gasteiger partial charge in [-0.3, -0.25) is 4.79 Å². The number of ether oxygens (including phenoxy) is 1. The molecule has 1 rings (SSSR count). The Labute approximate surface area is 108 Å². The van der Waals surface area contributed by atoms with E-state index in [0.29, 0.717) is 0 Å². The second-order valence-corrected chi connectivity index (χ2v) is 4.65. The number of nitrogens with zero attached hydrogens (tertiary/aromatic N) is 1. The summed E-state index contributed by atoms with van der Waals surface area (Å²) in [5.41, 5.74) is -0.0737. The number of carbonyl (C=O) groups is 1. The van der Waals surface area contributed by atoms with Crippen LogP contribution >= 0.6 is 11.8 Å². The first-order valence-corrected chi connectivity index (χ1v) is 6.08. The molecular weight excluding hydrogens is 260 g/mol. The fourth-order valence-corrected chi connectivity index (χ4v) is 2.19. The Morgan fingerprint density at radius 1 is 1.50 bits per heavy atom. The minimum absolute atomic E-state index is 0.0737. The maximum Gasteiger partial charge on any atom is 0.309 e. The van der Waals surface area contributed by atoms with Crippen LogP contribution in [0.3, 0.4) is 0 Å². The number of nitriles is 1. The van der Waals surface area contributed by atoms with Crippen LogP contribution in [-0.2, 0) is 9.53 Å². The van der Waals surface area contributed by atoms with Crippen LogP contribution in [0.4, 0.5) is 8.78 Å². The average Bonchev–Trinajstić information content (AvgIpc) is 2.36. The van der Waals surface area contributed by atoms with Crippen LogP contribution in [0.25, 0.3) is 0 Å². The molecule has 0 bridgehead atoms. The second kappa shape index (κ2) is 6.36. The lowest BCUT2D eigenvalue weighted by molar-refractivity contribution is -0.143. The molecule has 6 heteroatoms. The second-order valence-electron chi connectivity index (χ2n) is 3.62. The fourth-order valence-electron chi connectivity index (χ4n) is 1.24. The van der Waals surface area contributed by atoms with Crippen molar-refractivity contribution in [2.24, 2.45) is 5.92 Å². The molecule has 1 unspecified atom stereocenters. The third kappa shape index (κ3) is 3.44. The van der Waals surface area contributed by atoms with E-state index in [1.807, 2.05) is 0 Å². The summed E-state index contributed by atoms with van der Waals surface area (Å²) in [5, 5.41) is 8.55. The van der Waals surface area contributed by atoms with Crippen molar-refractivity contribution in [2.75, 3.05) is 12.9 Å². The van der Waals surface area contributed by atoms with Gasteiger partial charge < -0.3 is 4.74 Å². The van der Waals surface area contributed by atoms with E-state index in [2.05, 4.69) is 4.74 Å². The first kappa shape index (κ1) is 14.5. The van der Waals surface area contributed by atoms with Gasteiger partial charge >= 0.3 is 5.97 Å². The molecule has 0 aliphatic rings. The predicted molar refractivity (Wildman–Crippen MR) is 63.0 cm³/mol. The van der Waals surface area contributed by atoms with Gasteiger partial charge in [0.1, 0.15) is 11.6 Å². The molecule has 0 aliphatic heterocycles. The first-order chi connectivity index (χ1) is 8.49. The van der Waals surface area contributed by atoms with E-state index in [1.165, 1.54) is 7.11 Å². The number of hydrogen-bond acceptors (Lipinski definition) is 4. The highest BCUT2D eigenvalue weighted by Crippen LogP contribution is 2.28. The SMILES string of the molecule is COC(=O)C(C)CSc1c(F)cc(C#N)cc1F. The molecule has 0 aliphatic carbocycles. The average molecular weight is 271 g/mol. The van der Waals surface area contributed by atoms with Crippen molar-refractivity contribution in [2.45, 2.75) is 11.8 Å². The highest BCUT2D eigenvalue weighted by Gasteiger charge is 2.17. The largest absolute Gasteiger partial charge is 0.469 e. The Bertz CT molecular complexity index is 476. The third-order valence-corrected chi connectivity index (χ3v) is 3.55. The van der Waals surface area contributed by atoms with E-state index in [9.17, 15) is 13.6 Å². The van der Waals surface area contributed by atoms with E-state index >= 15 is 0 Å². The molecule has 0 saturated carbocycles. The van der Waals surface area contributed by atoms with Crippen molar-refractivity contribution in [1.29, 1.82) is 5.26 Å². The van der Waals surface area contributed by atoms with Gasteiger partial charge in [0.2, 0.25) is 0 Å². The van der Waals surface area contributed by atoms with Gasteiger partial charge in [0.05, 0.1) is 29.6 Å². The molecule has 0 amide bonds. The fraction of sp³-hybridized carbons (Fsp3) is 0.333. The number of rotatable bonds is 4. The van der Waals surface area contributed by atoms with Crippen LogP contribution in [0.15, 0.2) is 17.0 Å². The van der Waals surface area contributed by atoms with Crippen LogP contribution < -0.4 is 0 Å². The van der Waals surface area contributed by atoms with Crippen LogP contribution in [0.2, 0.25) is 0 Å². The summed E-state index contributed by atoms with van der Waals surface area (Å²) >= 11 is 0.884. The van der Waals surface area contributed by atoms with Gasteiger partial charge in [-0.1, -0.05) is 6.92 Å². The molecule has 1 aromatic carbocycles. The Balaban J connectivity index is 2.80. The lowest BCUT2D eigenvalue weighted by Gasteiger charge is -2.09. The zero-order valence-corrected chi connectivity index (χ0v) is 10.7. The van der Waals surface area contributed by atoms with Crippen molar-refractivity contribution >= 4 is 17.7 Å². The van der Waals surface area contributed by atoms with E-state index in [1.54, 1.807) is 13.0 Å². The third-order valence-electron chi connectivity index (χ3n) is 2.21. The van der Waals surface area contributed by atoms with E-state index in [0.717, 1.165) is 23.9 Å². The zero-order valence-electron chi connectivity index (χ0n) is 9.87. The molecule has 96 valence electrons. The summed E-state index contributed by atoms with van der Waals surface area (Å²) in [6.07, 6.45) is 0. The lowest BCUT2D eigenvalue weighted by Crippen LogP contribution is -2.15. The highest BCUT2D eigenvalue weighted by molar-refractivity contribution is 7.99. The quantitative estimate of drug-likeness (QED) is 0.624. The molecule has 18 heavy (non-hydrogen) atoms. The maximum atomic E-state index is 13.5. The zero-order chi connectivity index (χ0) is 13.7. The van der Waals surface area contributed by atoms with Crippen molar-refractivity contribution in [3.8, 4) is 6.07 Å². The molecule has 0 heterocycles. The molecule has 0 aromatic heterocycles. The number of carbonyl (C=O) groups excluding carboxylic acids is 1. The smallest absolute Gasteiger partial charge is 0.309 e. The van der Waals surface area contributed by atoms with Crippen LogP contribution in [0.1, 0.15) is 12.5 Å². The number of halogens is 2. The predicted octanol–water partition coefficient (Wildman–Crippen LogP) is 2.74. The molecule has 0 fully saturated rings. The first-order valence-electron chi connectivity index (χ1n) is 5.09. The molecule has 0 radical (unpaired) electrons. The van der Waals surface area contributed by atoms with Crippen molar-refractivity contribution in [3.63, 3.8) is 0 Å². The van der Waals surface area contributed by atoms with Crippen molar-refractivity contribution in [1.82, 2.24) is 0 Å². The molecule has 1 aromatic rings. The summed E-state index contributed by atoms with van der Waals surface area (Å²) in [6, 6.07) is 3.60. The van der Waals surface area contributed by atoms with Crippen molar-refractivity contribution in [3.05, 3.63) is 29.3 Å². The van der Waals surface area contributed by atoms with E-state index in [4.69, 9.17) is 5.26 Å². The Morgan fingerprint density at radius 3 is 2.50 bits per heavy atom. The Morgan fingerprint density at radius 2 is 2.06 bits per heavy atom. The van der Waals surface area contributed by atoms with Crippen LogP contribution in [-0.4, -0.2) is 18.8 Å². The Hall–Kier alpha value is -1.61. The lowest BCUT2D eigenvalue weighted by atomic mass is 10.2. The standard InChI is InChI=1S/C12H11F2NO2S/c1-7(12(16)17-2)6-18-11-9(13)3-8(5-15)4-10(11)14/h3-4,7H,6H2,1-2H3. The van der Waals surface area contributed by atoms with Gasteiger partial charge in [0.15, 0.2) is 0 Å². The molecule has 0 spiro atoms. The molecule has 0 N–H and O–H groups in total. The Kier molecular flexibility index (Phi) is 5.10. The minimum Gasteiger partial charge on any atom is -0.469 e. The topological polar surface area (TPSA) is 50.1 Å². The summed E-state index contributed by atoms with van der Waals surface area (Å²) in [4.78, 5) is 10.9. The van der Waals surface area contributed by atoms with Crippen LogP contribution in [0, 0.1) is 28.9 Å². The number of methoxy groups -OCH3 is 1. The maximum absolute atomic E-state index is 13.5. The summed E-state index contributed by atoms with van der Waals surface area (Å²) in [6.45, 7) is 1.61. The summed E-state index contributed by atoms with van der Waals surface area (Å²) in [7, 11) is 1.26. The number of hydrogen-bond donors (Lipinski definition) is 0. The number of thioether (sulfide) groups is 1. The van der Waals surface area contributed by atoms with E-state index in [-0.39, 0.29) is 16.2 Å². The van der Waals surface area contributed by atoms with Crippen LogP contribution in [0.5, 0.6) is 0 Å². The summed E-state index contributed by atoms with van der Waals surface area (Å²) < 4.78 is 31.5. The molecule has 0 saturated heterocycles. The molecule has 3 nitrogen and oxygen atoms in total. The highest BCUT2D eigenvalue weighted by atomic mass is 32.2. The summed E-state index contributed by atoms with van der Waals surface area (Å²) in [5.74, 6) is -2.29. The normalized spacial score (nSPS) is 11.7. The van der Waals surface area contributed by atoms with Crippen molar-refractivity contribution < 1.29 is 18.3 Å². The van der Waals surface area contributed by atoms with Gasteiger partial charge in [0, 0.05) is 5.75 Å². The number of benzene rings is 1. The van der Waals surface area contributed by atoms with Gasteiger partial charge in [-0.15, -0.1) is 11.8 Å². The molecule has 1 atom stereocenters. The monoisotopic (exact) mass is 271 g/mol. The van der Waals surface area contributed by atoms with E-state index < -0.39 is 23.5 Å².